The zero-order valence-corrected chi connectivity index (χ0v) is 64.1. The van der Waals surface area contributed by atoms with Crippen LogP contribution >= 0.6 is 15.6 Å². The van der Waals surface area contributed by atoms with Crippen LogP contribution in [-0.4, -0.2) is 96.7 Å². The lowest BCUT2D eigenvalue weighted by Gasteiger charge is -2.21. The van der Waals surface area contributed by atoms with E-state index in [9.17, 15) is 43.2 Å². The molecule has 0 amide bonds. The monoisotopic (exact) mass is 1410 g/mol. The third-order valence-corrected chi connectivity index (χ3v) is 19.2. The summed E-state index contributed by atoms with van der Waals surface area (Å²) in [4.78, 5) is 72.8. The summed E-state index contributed by atoms with van der Waals surface area (Å²) in [5.74, 6) is 0.106. The molecule has 566 valence electrons. The van der Waals surface area contributed by atoms with Gasteiger partial charge in [-0.15, -0.1) is 0 Å². The fourth-order valence-electron chi connectivity index (χ4n) is 11.2. The molecule has 0 bridgehead atoms. The number of phosphoric ester groups is 2. The van der Waals surface area contributed by atoms with Crippen LogP contribution in [0.15, 0.2) is 24.3 Å². The fourth-order valence-corrected chi connectivity index (χ4v) is 12.8. The summed E-state index contributed by atoms with van der Waals surface area (Å²) in [6, 6.07) is 0. The first-order valence-electron chi connectivity index (χ1n) is 39.2. The van der Waals surface area contributed by atoms with Gasteiger partial charge in [-0.25, -0.2) is 9.13 Å². The number of allylic oxidation sites excluding steroid dienone is 4. The number of rotatable bonds is 73. The third kappa shape index (κ3) is 70.0. The van der Waals surface area contributed by atoms with Gasteiger partial charge in [-0.05, 0) is 69.1 Å². The molecule has 0 aromatic rings. The average Bonchev–Trinajstić information content (AvgIpc) is 1.20. The van der Waals surface area contributed by atoms with E-state index in [1.54, 1.807) is 0 Å². The van der Waals surface area contributed by atoms with Crippen LogP contribution in [0.4, 0.5) is 0 Å². The van der Waals surface area contributed by atoms with Crippen molar-refractivity contribution in [2.45, 2.75) is 388 Å². The molecule has 0 radical (unpaired) electrons. The van der Waals surface area contributed by atoms with Gasteiger partial charge in [-0.1, -0.05) is 317 Å². The Bertz CT molecular complexity index is 1960. The lowest BCUT2D eigenvalue weighted by Crippen LogP contribution is -2.30. The van der Waals surface area contributed by atoms with E-state index in [4.69, 9.17) is 37.0 Å². The van der Waals surface area contributed by atoms with Gasteiger partial charge < -0.3 is 33.8 Å². The van der Waals surface area contributed by atoms with Crippen LogP contribution in [0.5, 0.6) is 0 Å². The quantitative estimate of drug-likeness (QED) is 0.0169. The molecular weight excluding hydrogens is 1260 g/mol. The van der Waals surface area contributed by atoms with Crippen molar-refractivity contribution in [3.05, 3.63) is 24.3 Å². The summed E-state index contributed by atoms with van der Waals surface area (Å²) in [6.45, 7) is 11.8. The molecule has 19 heteroatoms. The van der Waals surface area contributed by atoms with E-state index in [0.717, 1.165) is 127 Å². The minimum absolute atomic E-state index is 0.100. The van der Waals surface area contributed by atoms with E-state index in [2.05, 4.69) is 72.8 Å². The molecule has 0 heterocycles. The number of phosphoric acid groups is 2. The molecule has 0 aliphatic heterocycles. The number of hydrogen-bond acceptors (Lipinski definition) is 15. The van der Waals surface area contributed by atoms with E-state index in [1.807, 2.05) is 0 Å². The lowest BCUT2D eigenvalue weighted by molar-refractivity contribution is -0.161. The molecule has 3 unspecified atom stereocenters. The zero-order valence-electron chi connectivity index (χ0n) is 62.3. The molecule has 0 aromatic carbocycles. The van der Waals surface area contributed by atoms with Crippen LogP contribution in [0, 0.1) is 17.8 Å². The summed E-state index contributed by atoms with van der Waals surface area (Å²) in [7, 11) is -9.93. The molecule has 0 saturated heterocycles. The van der Waals surface area contributed by atoms with Crippen LogP contribution in [0.1, 0.15) is 370 Å². The van der Waals surface area contributed by atoms with E-state index in [-0.39, 0.29) is 25.7 Å². The van der Waals surface area contributed by atoms with Gasteiger partial charge in [0, 0.05) is 25.7 Å². The third-order valence-electron chi connectivity index (χ3n) is 17.3. The molecule has 5 atom stereocenters. The highest BCUT2D eigenvalue weighted by Gasteiger charge is 2.30. The fraction of sp³-hybridized carbons (Fsp3) is 0.896. The molecule has 0 aliphatic rings. The number of hydrogen-bond donors (Lipinski definition) is 3. The van der Waals surface area contributed by atoms with Crippen LogP contribution < -0.4 is 0 Å². The molecule has 0 saturated carbocycles. The number of ether oxygens (including phenoxy) is 4. The van der Waals surface area contributed by atoms with Crippen molar-refractivity contribution in [1.82, 2.24) is 0 Å². The number of aliphatic hydroxyl groups is 1. The van der Waals surface area contributed by atoms with Gasteiger partial charge in [0.1, 0.15) is 19.3 Å². The number of esters is 4. The van der Waals surface area contributed by atoms with E-state index in [1.165, 1.54) is 154 Å². The molecule has 3 N–H and O–H groups in total. The van der Waals surface area contributed by atoms with Crippen LogP contribution in [0.25, 0.3) is 0 Å². The molecule has 17 nitrogen and oxygen atoms in total. The lowest BCUT2D eigenvalue weighted by atomic mass is 10.0. The molecule has 0 aliphatic carbocycles. The molecular formula is C77H146O17P2. The van der Waals surface area contributed by atoms with Gasteiger partial charge >= 0.3 is 39.5 Å². The topological polar surface area (TPSA) is 237 Å². The molecule has 0 fully saturated rings. The highest BCUT2D eigenvalue weighted by atomic mass is 31.2. The Labute approximate surface area is 586 Å². The smallest absolute Gasteiger partial charge is 0.462 e. The van der Waals surface area contributed by atoms with Crippen molar-refractivity contribution in [3.8, 4) is 0 Å². The van der Waals surface area contributed by atoms with Gasteiger partial charge in [0.25, 0.3) is 0 Å². The Morgan fingerprint density at radius 3 is 0.844 bits per heavy atom. The Morgan fingerprint density at radius 2 is 0.562 bits per heavy atom. The number of carbonyl (C=O) groups is 4. The summed E-state index contributed by atoms with van der Waals surface area (Å²) < 4.78 is 68.5. The van der Waals surface area contributed by atoms with Crippen molar-refractivity contribution in [1.29, 1.82) is 0 Å². The first-order chi connectivity index (χ1) is 46.2. The maximum absolute atomic E-state index is 13.1. The highest BCUT2D eigenvalue weighted by molar-refractivity contribution is 7.47. The van der Waals surface area contributed by atoms with Gasteiger partial charge in [0.05, 0.1) is 26.4 Å². The second-order valence-corrected chi connectivity index (χ2v) is 31.4. The van der Waals surface area contributed by atoms with Gasteiger partial charge in [-0.3, -0.25) is 37.3 Å². The van der Waals surface area contributed by atoms with Crippen molar-refractivity contribution in [3.63, 3.8) is 0 Å². The summed E-state index contributed by atoms with van der Waals surface area (Å²) in [6.07, 6.45) is 56.4. The predicted octanol–water partition coefficient (Wildman–Crippen LogP) is 22.1. The first-order valence-corrected chi connectivity index (χ1v) is 42.2. The second-order valence-electron chi connectivity index (χ2n) is 28.5. The van der Waals surface area contributed by atoms with Gasteiger partial charge in [-0.2, -0.15) is 0 Å². The standard InChI is InChI=1S/C77H146O17P2/c1-8-9-10-11-12-13-14-15-17-21-24-30-37-44-51-58-74(79)87-64-72(93-76(81)60-53-46-38-31-25-22-19-16-18-20-23-28-34-41-48-55-68(2)3)66-91-95(83,84)89-62-71(78)63-90-96(85,86)92-67-73(65-88-75(80)59-52-45-40-33-36-43-50-57-70(6)7)94-77(82)61-54-47-39-32-27-26-29-35-42-49-56-69(4)5/h13-15,17,68-73,78H,8-12,16,18-67H2,1-7H3,(H,83,84)(H,85,86)/b14-13-,17-15-/t71?,72-,73-/m1/s1. The zero-order chi connectivity index (χ0) is 70.9. The summed E-state index contributed by atoms with van der Waals surface area (Å²) >= 11 is 0. The second kappa shape index (κ2) is 67.1. The number of aliphatic hydroxyl groups excluding tert-OH is 1. The Hall–Kier alpha value is -2.46. The SMILES string of the molecule is CCCCCC/C=C\C=C/CCCCCCCC(=O)OC[C@H](COP(=O)(O)OCC(O)COP(=O)(O)OC[C@@H](COC(=O)CCCCCCCCCC(C)C)OC(=O)CCCCCCCCCCCCC(C)C)OC(=O)CCCCCCCCCCCCCCCCCC(C)C. The van der Waals surface area contributed by atoms with Gasteiger partial charge in [0.15, 0.2) is 12.2 Å². The Morgan fingerprint density at radius 1 is 0.323 bits per heavy atom. The Balaban J connectivity index is 5.28. The molecule has 0 rings (SSSR count). The Kier molecular flexibility index (Phi) is 65.3. The maximum atomic E-state index is 13.1. The van der Waals surface area contributed by atoms with Gasteiger partial charge in [0.2, 0.25) is 0 Å². The molecule has 0 aromatic heterocycles. The maximum Gasteiger partial charge on any atom is 0.472 e. The van der Waals surface area contributed by atoms with Crippen molar-refractivity contribution < 1.29 is 80.2 Å². The average molecular weight is 1410 g/mol. The van der Waals surface area contributed by atoms with E-state index in [0.29, 0.717) is 31.6 Å². The largest absolute Gasteiger partial charge is 0.472 e. The first kappa shape index (κ1) is 93.5. The van der Waals surface area contributed by atoms with Crippen LogP contribution in [0.3, 0.4) is 0 Å². The van der Waals surface area contributed by atoms with Crippen molar-refractivity contribution >= 4 is 39.5 Å². The van der Waals surface area contributed by atoms with Crippen LogP contribution in [-0.2, 0) is 65.4 Å². The minimum atomic E-state index is -4.97. The predicted molar refractivity (Wildman–Crippen MR) is 390 cm³/mol. The van der Waals surface area contributed by atoms with E-state index < -0.39 is 97.5 Å². The van der Waals surface area contributed by atoms with E-state index >= 15 is 0 Å². The number of carbonyl (C=O) groups excluding carboxylic acids is 4. The minimum Gasteiger partial charge on any atom is -0.462 e. The summed E-state index contributed by atoms with van der Waals surface area (Å²) in [5.41, 5.74) is 0. The van der Waals surface area contributed by atoms with Crippen molar-refractivity contribution in [2.75, 3.05) is 39.6 Å². The molecule has 96 heavy (non-hydrogen) atoms. The van der Waals surface area contributed by atoms with Crippen LogP contribution in [0.2, 0.25) is 0 Å². The highest BCUT2D eigenvalue weighted by Crippen LogP contribution is 2.45. The number of unbranched alkanes of at least 4 members (excludes halogenated alkanes) is 38. The van der Waals surface area contributed by atoms with Crippen molar-refractivity contribution in [2.24, 2.45) is 17.8 Å². The normalized spacial score (nSPS) is 14.2. The summed E-state index contributed by atoms with van der Waals surface area (Å²) in [5, 5.41) is 10.6. The molecule has 0 spiro atoms.